The second-order valence-corrected chi connectivity index (χ2v) is 4.06. The molecule has 1 rings (SSSR count). The van der Waals surface area contributed by atoms with Gasteiger partial charge >= 0.3 is 0 Å². The minimum Gasteiger partial charge on any atom is -0.481 e. The van der Waals surface area contributed by atoms with Crippen molar-refractivity contribution in [1.82, 2.24) is 9.80 Å². The van der Waals surface area contributed by atoms with Crippen LogP contribution in [0.15, 0.2) is 37.7 Å². The summed E-state index contributed by atoms with van der Waals surface area (Å²) in [6.07, 6.45) is 11.1. The molecule has 0 saturated heterocycles. The van der Waals surface area contributed by atoms with Gasteiger partial charge in [0, 0.05) is 32.4 Å². The Morgan fingerprint density at radius 3 is 1.94 bits per heavy atom. The number of aliphatic carboxylic acids is 1. The minimum absolute atomic E-state index is 0.496. The molecule has 102 valence electrons. The Morgan fingerprint density at radius 1 is 1.28 bits per heavy atom. The fraction of sp³-hybridized carbons (Fsp3) is 0.500. The van der Waals surface area contributed by atoms with Gasteiger partial charge in [0.25, 0.3) is 5.97 Å². The highest BCUT2D eigenvalue weighted by Crippen LogP contribution is 2.19. The van der Waals surface area contributed by atoms with Crippen LogP contribution in [0.2, 0.25) is 0 Å². The van der Waals surface area contributed by atoms with Gasteiger partial charge in [0.1, 0.15) is 6.17 Å². The standard InChI is InChI=1S/C12H20N2.C2H4O2/c1-4-7-12-13(8-5-2)10-11-14(12)9-6-3;1-2(3)4/h5-6,10-12H,2-4,7-9H2,1H3;1H3,(H,3,4). The van der Waals surface area contributed by atoms with Crippen molar-refractivity contribution < 1.29 is 9.90 Å². The van der Waals surface area contributed by atoms with Crippen LogP contribution in [-0.4, -0.2) is 40.1 Å². The van der Waals surface area contributed by atoms with Crippen LogP contribution >= 0.6 is 0 Å². The van der Waals surface area contributed by atoms with Crippen LogP contribution in [-0.2, 0) is 4.79 Å². The zero-order valence-corrected chi connectivity index (χ0v) is 11.4. The lowest BCUT2D eigenvalue weighted by molar-refractivity contribution is -0.134. The molecule has 0 saturated carbocycles. The lowest BCUT2D eigenvalue weighted by Crippen LogP contribution is -2.38. The normalized spacial score (nSPS) is 14.1. The van der Waals surface area contributed by atoms with Crippen LogP contribution in [0.5, 0.6) is 0 Å². The minimum atomic E-state index is -0.833. The molecule has 18 heavy (non-hydrogen) atoms. The molecule has 0 aliphatic carbocycles. The maximum absolute atomic E-state index is 9.00. The lowest BCUT2D eigenvalue weighted by atomic mass is 10.2. The zero-order valence-electron chi connectivity index (χ0n) is 11.4. The average molecular weight is 252 g/mol. The van der Waals surface area contributed by atoms with E-state index >= 15 is 0 Å². The summed E-state index contributed by atoms with van der Waals surface area (Å²) in [5, 5.41) is 7.42. The van der Waals surface area contributed by atoms with Crippen LogP contribution in [0.3, 0.4) is 0 Å². The van der Waals surface area contributed by atoms with Gasteiger partial charge in [-0.2, -0.15) is 0 Å². The van der Waals surface area contributed by atoms with Crippen molar-refractivity contribution in [2.75, 3.05) is 13.1 Å². The van der Waals surface area contributed by atoms with Gasteiger partial charge in [0.2, 0.25) is 0 Å². The van der Waals surface area contributed by atoms with E-state index in [1.165, 1.54) is 12.8 Å². The molecule has 1 aliphatic heterocycles. The van der Waals surface area contributed by atoms with Gasteiger partial charge in [-0.25, -0.2) is 0 Å². The van der Waals surface area contributed by atoms with Crippen LogP contribution in [0, 0.1) is 0 Å². The van der Waals surface area contributed by atoms with Gasteiger partial charge in [-0.1, -0.05) is 25.5 Å². The molecule has 4 heteroatoms. The largest absolute Gasteiger partial charge is 0.481 e. The molecule has 0 unspecified atom stereocenters. The van der Waals surface area contributed by atoms with Crippen LogP contribution < -0.4 is 0 Å². The summed E-state index contributed by atoms with van der Waals surface area (Å²) >= 11 is 0. The highest BCUT2D eigenvalue weighted by molar-refractivity contribution is 5.62. The third-order valence-corrected chi connectivity index (χ3v) is 2.44. The van der Waals surface area contributed by atoms with Gasteiger partial charge in [-0.05, 0) is 6.42 Å². The van der Waals surface area contributed by atoms with Crippen molar-refractivity contribution >= 4 is 5.97 Å². The van der Waals surface area contributed by atoms with E-state index in [2.05, 4.69) is 42.3 Å². The van der Waals surface area contributed by atoms with E-state index in [9.17, 15) is 0 Å². The van der Waals surface area contributed by atoms with E-state index < -0.39 is 5.97 Å². The van der Waals surface area contributed by atoms with E-state index in [1.54, 1.807) is 0 Å². The maximum Gasteiger partial charge on any atom is 0.300 e. The molecule has 0 amide bonds. The number of carbonyl (C=O) groups is 1. The summed E-state index contributed by atoms with van der Waals surface area (Å²) in [7, 11) is 0. The quantitative estimate of drug-likeness (QED) is 0.738. The van der Waals surface area contributed by atoms with Crippen molar-refractivity contribution in [3.8, 4) is 0 Å². The zero-order chi connectivity index (χ0) is 14.0. The summed E-state index contributed by atoms with van der Waals surface area (Å²) < 4.78 is 0. The smallest absolute Gasteiger partial charge is 0.300 e. The first kappa shape index (κ1) is 16.3. The highest BCUT2D eigenvalue weighted by atomic mass is 16.4. The van der Waals surface area contributed by atoms with Gasteiger partial charge in [0.15, 0.2) is 0 Å². The summed E-state index contributed by atoms with van der Waals surface area (Å²) in [6.45, 7) is 12.7. The number of hydrogen-bond acceptors (Lipinski definition) is 3. The van der Waals surface area contributed by atoms with Gasteiger partial charge < -0.3 is 14.9 Å². The second-order valence-electron chi connectivity index (χ2n) is 4.06. The van der Waals surface area contributed by atoms with Crippen molar-refractivity contribution in [2.45, 2.75) is 32.9 Å². The van der Waals surface area contributed by atoms with E-state index in [0.29, 0.717) is 6.17 Å². The molecule has 0 aromatic rings. The molecule has 0 atom stereocenters. The molecule has 0 aromatic heterocycles. The number of hydrogen-bond donors (Lipinski definition) is 1. The Hall–Kier alpha value is -1.71. The summed E-state index contributed by atoms with van der Waals surface area (Å²) in [5.74, 6) is -0.833. The highest BCUT2D eigenvalue weighted by Gasteiger charge is 2.22. The number of carboxylic acids is 1. The SMILES string of the molecule is C=CCN1C=CN(CC=C)C1CCC.CC(=O)O. The maximum atomic E-state index is 9.00. The summed E-state index contributed by atoms with van der Waals surface area (Å²) in [5.41, 5.74) is 0. The molecule has 4 nitrogen and oxygen atoms in total. The Morgan fingerprint density at radius 2 is 1.67 bits per heavy atom. The molecule has 1 heterocycles. The van der Waals surface area contributed by atoms with Crippen molar-refractivity contribution in [3.63, 3.8) is 0 Å². The predicted molar refractivity (Wildman–Crippen MR) is 75.0 cm³/mol. The molecule has 1 N–H and O–H groups in total. The van der Waals surface area contributed by atoms with Crippen LogP contribution in [0.25, 0.3) is 0 Å². The number of nitrogens with zero attached hydrogens (tertiary/aromatic N) is 2. The third kappa shape index (κ3) is 6.13. The van der Waals surface area contributed by atoms with Gasteiger partial charge in [0.05, 0.1) is 0 Å². The molecular formula is C14H24N2O2. The van der Waals surface area contributed by atoms with Gasteiger partial charge in [-0.3, -0.25) is 4.79 Å². The molecule has 0 bridgehead atoms. The fourth-order valence-corrected chi connectivity index (χ4v) is 1.81. The first-order valence-corrected chi connectivity index (χ1v) is 6.17. The molecule has 0 radical (unpaired) electrons. The predicted octanol–water partition coefficient (Wildman–Crippen LogP) is 2.66. The number of carboxylic acid groups (broad SMARTS) is 1. The number of rotatable bonds is 6. The van der Waals surface area contributed by atoms with E-state index in [0.717, 1.165) is 20.0 Å². The van der Waals surface area contributed by atoms with E-state index in [1.807, 2.05) is 12.2 Å². The van der Waals surface area contributed by atoms with Crippen LogP contribution in [0.4, 0.5) is 0 Å². The monoisotopic (exact) mass is 252 g/mol. The average Bonchev–Trinajstić information content (AvgIpc) is 2.63. The van der Waals surface area contributed by atoms with Crippen molar-refractivity contribution in [3.05, 3.63) is 37.7 Å². The van der Waals surface area contributed by atoms with Crippen LogP contribution in [0.1, 0.15) is 26.7 Å². The molecule has 0 spiro atoms. The Bertz CT molecular complexity index is 276. The van der Waals surface area contributed by atoms with E-state index in [4.69, 9.17) is 9.90 Å². The molecular weight excluding hydrogens is 228 g/mol. The van der Waals surface area contributed by atoms with Crippen molar-refractivity contribution in [1.29, 1.82) is 0 Å². The fourth-order valence-electron chi connectivity index (χ4n) is 1.81. The van der Waals surface area contributed by atoms with Crippen molar-refractivity contribution in [2.24, 2.45) is 0 Å². The Kier molecular flexibility index (Phi) is 8.45. The lowest BCUT2D eigenvalue weighted by Gasteiger charge is -2.31. The summed E-state index contributed by atoms with van der Waals surface area (Å²) in [6, 6.07) is 0. The Labute approximate surface area is 110 Å². The van der Waals surface area contributed by atoms with E-state index in [-0.39, 0.29) is 0 Å². The molecule has 0 fully saturated rings. The topological polar surface area (TPSA) is 43.8 Å². The molecule has 1 aliphatic rings. The molecule has 0 aromatic carbocycles. The second kappa shape index (κ2) is 9.33. The summed E-state index contributed by atoms with van der Waals surface area (Å²) in [4.78, 5) is 13.6. The third-order valence-electron chi connectivity index (χ3n) is 2.44. The first-order chi connectivity index (χ1) is 8.56. The first-order valence-electron chi connectivity index (χ1n) is 6.17. The Balaban J connectivity index is 0.000000631. The van der Waals surface area contributed by atoms with Gasteiger partial charge in [-0.15, -0.1) is 13.2 Å².